The molecule has 0 radical (unpaired) electrons. The van der Waals surface area contributed by atoms with E-state index in [2.05, 4.69) is 252 Å². The van der Waals surface area contributed by atoms with Gasteiger partial charge in [-0.1, -0.05) is 176 Å². The van der Waals surface area contributed by atoms with E-state index in [0.29, 0.717) is 0 Å². The largest absolute Gasteiger partial charge is 0.310 e. The van der Waals surface area contributed by atoms with Gasteiger partial charge in [-0.2, -0.15) is 0 Å². The van der Waals surface area contributed by atoms with Crippen LogP contribution in [0.3, 0.4) is 0 Å². The van der Waals surface area contributed by atoms with Gasteiger partial charge in [-0.3, -0.25) is 0 Å². The lowest BCUT2D eigenvalue weighted by molar-refractivity contribution is 1.18. The fraction of sp³-hybridized carbons (Fsp3) is 0. The third kappa shape index (κ3) is 6.32. The molecule has 0 fully saturated rings. The number of fused-ring (bicyclic) bond motifs is 4. The van der Waals surface area contributed by atoms with Crippen molar-refractivity contribution < 1.29 is 0 Å². The molecule has 0 bridgehead atoms. The van der Waals surface area contributed by atoms with Crippen LogP contribution in [0.15, 0.2) is 243 Å². The van der Waals surface area contributed by atoms with Crippen LogP contribution in [0.25, 0.3) is 82.8 Å². The summed E-state index contributed by atoms with van der Waals surface area (Å²) < 4.78 is 2.39. The number of hydrogen-bond acceptors (Lipinski definition) is 1. The number of hydrogen-bond donors (Lipinski definition) is 0. The Morgan fingerprint density at radius 1 is 0.283 bits per heavy atom. The van der Waals surface area contributed by atoms with Crippen LogP contribution < -0.4 is 4.90 Å². The standard InChI is InChI=1S/C58H40N2/c1-3-15-41(16-4-1)46-19-13-22-51(40-46)59(49-35-31-43(32-36-49)47-30-29-42-17-7-8-18-45(42)39-47)50-37-33-44(34-38-50)52-23-9-10-24-53(52)54-26-14-28-57-58(54)55-25-11-12-27-56(55)60(57)48-20-5-2-6-21-48/h1-40H. The van der Waals surface area contributed by atoms with Gasteiger partial charge in [-0.05, 0) is 122 Å². The highest BCUT2D eigenvalue weighted by molar-refractivity contribution is 6.16. The Balaban J connectivity index is 1.01. The minimum atomic E-state index is 1.09. The molecule has 0 aliphatic rings. The first-order valence-corrected chi connectivity index (χ1v) is 20.6. The van der Waals surface area contributed by atoms with Gasteiger partial charge in [0.1, 0.15) is 0 Å². The van der Waals surface area contributed by atoms with E-state index in [1.165, 1.54) is 77.1 Å². The maximum absolute atomic E-state index is 2.39. The molecule has 0 amide bonds. The van der Waals surface area contributed by atoms with Gasteiger partial charge in [-0.25, -0.2) is 0 Å². The maximum atomic E-state index is 2.39. The van der Waals surface area contributed by atoms with Crippen LogP contribution in [0.2, 0.25) is 0 Å². The number of benzene rings is 10. The average molecular weight is 765 g/mol. The highest BCUT2D eigenvalue weighted by Crippen LogP contribution is 2.43. The number of rotatable bonds is 8. The first kappa shape index (κ1) is 35.2. The summed E-state index contributed by atoms with van der Waals surface area (Å²) in [5.74, 6) is 0. The van der Waals surface area contributed by atoms with Crippen molar-refractivity contribution in [3.05, 3.63) is 243 Å². The fourth-order valence-electron chi connectivity index (χ4n) is 8.93. The van der Waals surface area contributed by atoms with Crippen molar-refractivity contribution in [1.29, 1.82) is 0 Å². The molecule has 1 aromatic heterocycles. The molecular formula is C58H40N2. The van der Waals surface area contributed by atoms with Crippen molar-refractivity contribution in [3.63, 3.8) is 0 Å². The van der Waals surface area contributed by atoms with Crippen LogP contribution in [0.1, 0.15) is 0 Å². The second-order valence-electron chi connectivity index (χ2n) is 15.3. The van der Waals surface area contributed by atoms with Crippen LogP contribution >= 0.6 is 0 Å². The predicted octanol–water partition coefficient (Wildman–Crippen LogP) is 16.1. The average Bonchev–Trinajstić information content (AvgIpc) is 3.67. The van der Waals surface area contributed by atoms with Crippen molar-refractivity contribution >= 4 is 49.6 Å². The van der Waals surface area contributed by atoms with Crippen LogP contribution in [-0.4, -0.2) is 4.57 Å². The molecule has 0 atom stereocenters. The lowest BCUT2D eigenvalue weighted by Gasteiger charge is -2.26. The van der Waals surface area contributed by atoms with Crippen LogP contribution in [0, 0.1) is 0 Å². The summed E-state index contributed by atoms with van der Waals surface area (Å²) in [5.41, 5.74) is 16.4. The molecule has 282 valence electrons. The maximum Gasteiger partial charge on any atom is 0.0547 e. The lowest BCUT2D eigenvalue weighted by Crippen LogP contribution is -2.10. The second-order valence-corrected chi connectivity index (χ2v) is 15.3. The molecule has 11 aromatic rings. The highest BCUT2D eigenvalue weighted by atomic mass is 15.1. The Bertz CT molecular complexity index is 3290. The van der Waals surface area contributed by atoms with Gasteiger partial charge in [0, 0.05) is 33.5 Å². The Morgan fingerprint density at radius 3 is 1.60 bits per heavy atom. The minimum absolute atomic E-state index is 1.09. The van der Waals surface area contributed by atoms with Crippen LogP contribution in [-0.2, 0) is 0 Å². The molecule has 0 saturated heterocycles. The summed E-state index contributed by atoms with van der Waals surface area (Å²) in [5, 5.41) is 5.01. The molecule has 0 saturated carbocycles. The van der Waals surface area contributed by atoms with Gasteiger partial charge in [-0.15, -0.1) is 0 Å². The highest BCUT2D eigenvalue weighted by Gasteiger charge is 2.19. The van der Waals surface area contributed by atoms with E-state index < -0.39 is 0 Å². The molecular weight excluding hydrogens is 725 g/mol. The Labute approximate surface area is 350 Å². The van der Waals surface area contributed by atoms with Gasteiger partial charge in [0.25, 0.3) is 0 Å². The molecule has 0 N–H and O–H groups in total. The number of nitrogens with zero attached hydrogens (tertiary/aromatic N) is 2. The zero-order valence-electron chi connectivity index (χ0n) is 33.0. The molecule has 1 heterocycles. The van der Waals surface area contributed by atoms with E-state index >= 15 is 0 Å². The number of para-hydroxylation sites is 2. The zero-order chi connectivity index (χ0) is 39.8. The van der Waals surface area contributed by atoms with Gasteiger partial charge in [0.15, 0.2) is 0 Å². The zero-order valence-corrected chi connectivity index (χ0v) is 33.0. The quantitative estimate of drug-likeness (QED) is 0.150. The Kier molecular flexibility index (Phi) is 8.87. The summed E-state index contributed by atoms with van der Waals surface area (Å²) in [4.78, 5) is 2.37. The summed E-state index contributed by atoms with van der Waals surface area (Å²) in [6.45, 7) is 0. The van der Waals surface area contributed by atoms with E-state index in [1.807, 2.05) is 0 Å². The van der Waals surface area contributed by atoms with Gasteiger partial charge in [0.2, 0.25) is 0 Å². The van der Waals surface area contributed by atoms with E-state index in [-0.39, 0.29) is 0 Å². The summed E-state index contributed by atoms with van der Waals surface area (Å²) in [6.07, 6.45) is 0. The van der Waals surface area contributed by atoms with Crippen LogP contribution in [0.4, 0.5) is 17.1 Å². The first-order valence-electron chi connectivity index (χ1n) is 20.6. The lowest BCUT2D eigenvalue weighted by atomic mass is 9.92. The number of aromatic nitrogens is 1. The van der Waals surface area contributed by atoms with Gasteiger partial charge >= 0.3 is 0 Å². The van der Waals surface area contributed by atoms with E-state index in [4.69, 9.17) is 0 Å². The van der Waals surface area contributed by atoms with Gasteiger partial charge < -0.3 is 9.47 Å². The molecule has 2 heteroatoms. The normalized spacial score (nSPS) is 11.3. The monoisotopic (exact) mass is 764 g/mol. The van der Waals surface area contributed by atoms with E-state index in [9.17, 15) is 0 Å². The summed E-state index contributed by atoms with van der Waals surface area (Å²) >= 11 is 0. The van der Waals surface area contributed by atoms with E-state index in [0.717, 1.165) is 22.7 Å². The van der Waals surface area contributed by atoms with Crippen molar-refractivity contribution in [2.24, 2.45) is 0 Å². The first-order chi connectivity index (χ1) is 29.8. The third-order valence-electron chi connectivity index (χ3n) is 11.8. The van der Waals surface area contributed by atoms with Crippen molar-refractivity contribution in [2.75, 3.05) is 4.90 Å². The Hall–Kier alpha value is -7.94. The SMILES string of the molecule is c1ccc(-c2cccc(N(c3ccc(-c4ccc5ccccc5c4)cc3)c3ccc(-c4ccccc4-c4cccc5c4c4ccccc4n5-c4ccccc4)cc3)c2)cc1. The molecule has 0 unspecified atom stereocenters. The van der Waals surface area contributed by atoms with Crippen molar-refractivity contribution in [2.45, 2.75) is 0 Å². The molecule has 60 heavy (non-hydrogen) atoms. The van der Waals surface area contributed by atoms with Crippen molar-refractivity contribution in [1.82, 2.24) is 4.57 Å². The molecule has 10 aromatic carbocycles. The topological polar surface area (TPSA) is 8.17 Å². The molecule has 0 aliphatic heterocycles. The minimum Gasteiger partial charge on any atom is -0.310 e. The third-order valence-corrected chi connectivity index (χ3v) is 11.8. The van der Waals surface area contributed by atoms with Crippen molar-refractivity contribution in [3.8, 4) is 50.2 Å². The summed E-state index contributed by atoms with van der Waals surface area (Å²) in [7, 11) is 0. The van der Waals surface area contributed by atoms with Gasteiger partial charge in [0.05, 0.1) is 11.0 Å². The Morgan fingerprint density at radius 2 is 0.817 bits per heavy atom. The predicted molar refractivity (Wildman–Crippen MR) is 255 cm³/mol. The van der Waals surface area contributed by atoms with Crippen LogP contribution in [0.5, 0.6) is 0 Å². The smallest absolute Gasteiger partial charge is 0.0547 e. The second kappa shape index (κ2) is 15.1. The van der Waals surface area contributed by atoms with E-state index in [1.54, 1.807) is 0 Å². The summed E-state index contributed by atoms with van der Waals surface area (Å²) in [6, 6.07) is 87.8. The molecule has 2 nitrogen and oxygen atoms in total. The molecule has 0 spiro atoms. The molecule has 11 rings (SSSR count). The fourth-order valence-corrected chi connectivity index (χ4v) is 8.93. The molecule has 0 aliphatic carbocycles. The number of anilines is 3.